The summed E-state index contributed by atoms with van der Waals surface area (Å²) in [7, 11) is 0. The number of nitrogens with one attached hydrogen (secondary N) is 1. The number of aryl methyl sites for hydroxylation is 1. The quantitative estimate of drug-likeness (QED) is 0.415. The molecule has 0 saturated carbocycles. The Hall–Kier alpha value is -3.55. The van der Waals surface area contributed by atoms with Crippen LogP contribution < -0.4 is 10.1 Å². The molecule has 8 heteroatoms. The third-order valence-electron chi connectivity index (χ3n) is 5.12. The van der Waals surface area contributed by atoms with Crippen LogP contribution in [0.3, 0.4) is 0 Å². The van der Waals surface area contributed by atoms with Crippen molar-refractivity contribution in [1.82, 2.24) is 4.90 Å². The van der Waals surface area contributed by atoms with Gasteiger partial charge in [-0.3, -0.25) is 19.3 Å². The van der Waals surface area contributed by atoms with E-state index >= 15 is 0 Å². The highest BCUT2D eigenvalue weighted by molar-refractivity contribution is 8.18. The van der Waals surface area contributed by atoms with E-state index in [1.165, 1.54) is 4.90 Å². The van der Waals surface area contributed by atoms with Crippen molar-refractivity contribution in [2.24, 2.45) is 0 Å². The van der Waals surface area contributed by atoms with E-state index in [2.05, 4.69) is 5.32 Å². The van der Waals surface area contributed by atoms with Crippen LogP contribution in [0.15, 0.2) is 77.7 Å². The molecule has 3 aromatic carbocycles. The number of benzene rings is 3. The summed E-state index contributed by atoms with van der Waals surface area (Å²) in [6.07, 6.45) is 1.66. The molecule has 0 spiro atoms. The molecule has 0 atom stereocenters. The monoisotopic (exact) mass is 492 g/mol. The van der Waals surface area contributed by atoms with Gasteiger partial charge in [0.15, 0.2) is 6.61 Å². The molecule has 1 fully saturated rings. The second kappa shape index (κ2) is 10.6. The Morgan fingerprint density at radius 2 is 1.82 bits per heavy atom. The third-order valence-corrected chi connectivity index (χ3v) is 6.28. The molecule has 6 nitrogen and oxygen atoms in total. The fourth-order valence-corrected chi connectivity index (χ4v) is 4.28. The van der Waals surface area contributed by atoms with Gasteiger partial charge in [-0.2, -0.15) is 0 Å². The lowest BCUT2D eigenvalue weighted by Crippen LogP contribution is -2.27. The van der Waals surface area contributed by atoms with Crippen molar-refractivity contribution in [3.05, 3.63) is 99.4 Å². The molecule has 0 radical (unpaired) electrons. The summed E-state index contributed by atoms with van der Waals surface area (Å²) in [5.41, 5.74) is 3.26. The number of carbonyl (C=O) groups is 3. The van der Waals surface area contributed by atoms with E-state index in [1.54, 1.807) is 54.6 Å². The molecule has 1 saturated heterocycles. The van der Waals surface area contributed by atoms with E-state index in [0.29, 0.717) is 26.9 Å². The number of ether oxygens (including phenoxy) is 1. The van der Waals surface area contributed by atoms with Gasteiger partial charge < -0.3 is 10.1 Å². The first-order chi connectivity index (χ1) is 16.4. The van der Waals surface area contributed by atoms with E-state index in [9.17, 15) is 14.4 Å². The number of halogens is 1. The Kier molecular flexibility index (Phi) is 7.35. The van der Waals surface area contributed by atoms with Crippen LogP contribution in [0.1, 0.15) is 16.7 Å². The van der Waals surface area contributed by atoms with Crippen molar-refractivity contribution >= 4 is 52.2 Å². The lowest BCUT2D eigenvalue weighted by Gasteiger charge is -2.14. The highest BCUT2D eigenvalue weighted by Gasteiger charge is 2.35. The highest BCUT2D eigenvalue weighted by Crippen LogP contribution is 2.34. The van der Waals surface area contributed by atoms with Crippen molar-refractivity contribution < 1.29 is 19.1 Å². The summed E-state index contributed by atoms with van der Waals surface area (Å²) in [6, 6.07) is 21.4. The van der Waals surface area contributed by atoms with Crippen LogP contribution in [0.5, 0.6) is 5.75 Å². The summed E-state index contributed by atoms with van der Waals surface area (Å²) in [4.78, 5) is 39.1. The number of nitrogens with zero attached hydrogens (tertiary/aromatic N) is 1. The Bertz CT molecular complexity index is 1270. The molecule has 4 rings (SSSR count). The van der Waals surface area contributed by atoms with Gasteiger partial charge >= 0.3 is 0 Å². The number of amides is 3. The van der Waals surface area contributed by atoms with Gasteiger partial charge in [0.2, 0.25) is 0 Å². The number of thioether (sulfide) groups is 1. The van der Waals surface area contributed by atoms with Gasteiger partial charge in [-0.1, -0.05) is 48.0 Å². The summed E-state index contributed by atoms with van der Waals surface area (Å²) < 4.78 is 5.59. The molecule has 0 aromatic heterocycles. The minimum Gasteiger partial charge on any atom is -0.484 e. The lowest BCUT2D eigenvalue weighted by molar-refractivity contribution is -0.123. The van der Waals surface area contributed by atoms with E-state index < -0.39 is 0 Å². The van der Waals surface area contributed by atoms with Crippen LogP contribution >= 0.6 is 23.4 Å². The summed E-state index contributed by atoms with van der Waals surface area (Å²) in [6.45, 7) is 2.01. The zero-order valence-electron chi connectivity index (χ0n) is 18.3. The Labute approximate surface area is 206 Å². The standard InChI is InChI=1S/C26H21ClN2O4S/c1-17-5-2-3-7-19(17)15-29-25(31)23(34-26(29)32)14-18-6-4-8-22(13-18)33-16-24(30)28-21-11-9-20(27)10-12-21/h2-14H,15-16H2,1H3,(H,28,30)/b23-14-. The van der Waals surface area contributed by atoms with E-state index in [0.717, 1.165) is 22.9 Å². The van der Waals surface area contributed by atoms with E-state index in [4.69, 9.17) is 16.3 Å². The molecule has 1 N–H and O–H groups in total. The first-order valence-electron chi connectivity index (χ1n) is 10.5. The van der Waals surface area contributed by atoms with Gasteiger partial charge in [0.1, 0.15) is 5.75 Å². The minimum absolute atomic E-state index is 0.182. The second-order valence-electron chi connectivity index (χ2n) is 7.61. The Morgan fingerprint density at radius 3 is 2.59 bits per heavy atom. The smallest absolute Gasteiger partial charge is 0.293 e. The number of anilines is 1. The molecule has 0 unspecified atom stereocenters. The zero-order chi connectivity index (χ0) is 24.1. The molecule has 0 bridgehead atoms. The second-order valence-corrected chi connectivity index (χ2v) is 9.04. The molecule has 1 aliphatic rings. The summed E-state index contributed by atoms with van der Waals surface area (Å²) in [5, 5.41) is 3.01. The van der Waals surface area contributed by atoms with Crippen molar-refractivity contribution in [3.63, 3.8) is 0 Å². The summed E-state index contributed by atoms with van der Waals surface area (Å²) in [5.74, 6) is -0.170. The van der Waals surface area contributed by atoms with Crippen LogP contribution in [-0.2, 0) is 16.1 Å². The molecule has 3 aromatic rings. The summed E-state index contributed by atoms with van der Waals surface area (Å²) >= 11 is 6.76. The van der Waals surface area contributed by atoms with Crippen molar-refractivity contribution in [2.75, 3.05) is 11.9 Å². The molecule has 1 aliphatic heterocycles. The first-order valence-corrected chi connectivity index (χ1v) is 11.7. The Balaban J connectivity index is 1.39. The fourth-order valence-electron chi connectivity index (χ4n) is 3.32. The SMILES string of the molecule is Cc1ccccc1CN1C(=O)S/C(=C\c2cccc(OCC(=O)Nc3ccc(Cl)cc3)c2)C1=O. The zero-order valence-corrected chi connectivity index (χ0v) is 19.9. The molecule has 34 heavy (non-hydrogen) atoms. The molecular formula is C26H21ClN2O4S. The maximum absolute atomic E-state index is 12.9. The van der Waals surface area contributed by atoms with Gasteiger partial charge in [-0.05, 0) is 77.9 Å². The normalized spacial score (nSPS) is 14.5. The Morgan fingerprint density at radius 1 is 1.06 bits per heavy atom. The number of rotatable bonds is 7. The van der Waals surface area contributed by atoms with E-state index in [1.807, 2.05) is 31.2 Å². The highest BCUT2D eigenvalue weighted by atomic mass is 35.5. The number of imide groups is 1. The maximum atomic E-state index is 12.9. The molecule has 0 aliphatic carbocycles. The average molecular weight is 493 g/mol. The molecular weight excluding hydrogens is 472 g/mol. The molecule has 1 heterocycles. The van der Waals surface area contributed by atoms with Crippen LogP contribution in [0.25, 0.3) is 6.08 Å². The average Bonchev–Trinajstić information content (AvgIpc) is 3.08. The number of hydrogen-bond acceptors (Lipinski definition) is 5. The van der Waals surface area contributed by atoms with Crippen molar-refractivity contribution in [2.45, 2.75) is 13.5 Å². The lowest BCUT2D eigenvalue weighted by atomic mass is 10.1. The molecule has 172 valence electrons. The van der Waals surface area contributed by atoms with Gasteiger partial charge in [0.25, 0.3) is 17.1 Å². The third kappa shape index (κ3) is 5.87. The number of hydrogen-bond donors (Lipinski definition) is 1. The van der Waals surface area contributed by atoms with Gasteiger partial charge in [-0.15, -0.1) is 0 Å². The van der Waals surface area contributed by atoms with E-state index in [-0.39, 0.29) is 30.2 Å². The molecule has 3 amide bonds. The van der Waals surface area contributed by atoms with Crippen LogP contribution in [-0.4, -0.2) is 28.6 Å². The predicted molar refractivity (Wildman–Crippen MR) is 135 cm³/mol. The largest absolute Gasteiger partial charge is 0.484 e. The fraction of sp³-hybridized carbons (Fsp3) is 0.115. The topological polar surface area (TPSA) is 75.7 Å². The predicted octanol–water partition coefficient (Wildman–Crippen LogP) is 5.90. The maximum Gasteiger partial charge on any atom is 0.293 e. The number of carbonyl (C=O) groups excluding carboxylic acids is 3. The van der Waals surface area contributed by atoms with Gasteiger partial charge in [0, 0.05) is 10.7 Å². The van der Waals surface area contributed by atoms with Crippen LogP contribution in [0, 0.1) is 6.92 Å². The van der Waals surface area contributed by atoms with Gasteiger partial charge in [0.05, 0.1) is 11.4 Å². The first kappa shape index (κ1) is 23.6. The van der Waals surface area contributed by atoms with Crippen molar-refractivity contribution in [3.8, 4) is 5.75 Å². The van der Waals surface area contributed by atoms with Crippen molar-refractivity contribution in [1.29, 1.82) is 0 Å². The van der Waals surface area contributed by atoms with Crippen LogP contribution in [0.2, 0.25) is 5.02 Å². The van der Waals surface area contributed by atoms with Gasteiger partial charge in [-0.25, -0.2) is 0 Å². The van der Waals surface area contributed by atoms with Crippen LogP contribution in [0.4, 0.5) is 10.5 Å². The minimum atomic E-state index is -0.327.